The number of benzene rings is 1. The lowest BCUT2D eigenvalue weighted by Crippen LogP contribution is -2.26. The molecule has 2 nitrogen and oxygen atoms in total. The Hall–Kier alpha value is -0.670. The van der Waals surface area contributed by atoms with Crippen molar-refractivity contribution in [1.82, 2.24) is 5.32 Å². The number of hydrogen-bond donors (Lipinski definition) is 1. The SMILES string of the molecule is CCCNC(C)CCCCS(=O)Cc1cccc(C)c1. The van der Waals surface area contributed by atoms with E-state index in [1.165, 1.54) is 24.0 Å². The number of hydrogen-bond acceptors (Lipinski definition) is 2. The number of nitrogens with one attached hydrogen (secondary N) is 1. The Morgan fingerprint density at radius 3 is 2.80 bits per heavy atom. The molecule has 1 aromatic rings. The summed E-state index contributed by atoms with van der Waals surface area (Å²) in [7, 11) is -0.720. The molecule has 2 atom stereocenters. The molecule has 1 N–H and O–H groups in total. The first kappa shape index (κ1) is 17.4. The molecule has 0 aliphatic rings. The van der Waals surface area contributed by atoms with Gasteiger partial charge in [-0.05, 0) is 45.2 Å². The molecule has 0 fully saturated rings. The van der Waals surface area contributed by atoms with E-state index in [2.05, 4.69) is 44.3 Å². The zero-order valence-electron chi connectivity index (χ0n) is 13.2. The van der Waals surface area contributed by atoms with E-state index < -0.39 is 10.8 Å². The van der Waals surface area contributed by atoms with Gasteiger partial charge in [0.05, 0.1) is 0 Å². The lowest BCUT2D eigenvalue weighted by atomic mass is 10.1. The Bertz CT molecular complexity index is 406. The molecular weight excluding hydrogens is 266 g/mol. The molecule has 20 heavy (non-hydrogen) atoms. The van der Waals surface area contributed by atoms with Crippen molar-refractivity contribution in [3.63, 3.8) is 0 Å². The van der Waals surface area contributed by atoms with Crippen LogP contribution in [0.2, 0.25) is 0 Å². The zero-order valence-corrected chi connectivity index (χ0v) is 14.0. The van der Waals surface area contributed by atoms with Crippen molar-refractivity contribution in [1.29, 1.82) is 0 Å². The minimum absolute atomic E-state index is 0.583. The van der Waals surface area contributed by atoms with Crippen molar-refractivity contribution in [2.24, 2.45) is 0 Å². The second-order valence-corrected chi connectivity index (χ2v) is 7.20. The lowest BCUT2D eigenvalue weighted by molar-refractivity contribution is 0.495. The van der Waals surface area contributed by atoms with Gasteiger partial charge in [-0.3, -0.25) is 4.21 Å². The normalized spacial score (nSPS) is 14.2. The molecule has 0 heterocycles. The molecule has 1 rings (SSSR count). The average molecular weight is 295 g/mol. The summed E-state index contributed by atoms with van der Waals surface area (Å²) in [5.41, 5.74) is 2.44. The van der Waals surface area contributed by atoms with Crippen molar-refractivity contribution in [3.8, 4) is 0 Å². The van der Waals surface area contributed by atoms with E-state index >= 15 is 0 Å². The molecule has 0 aliphatic carbocycles. The topological polar surface area (TPSA) is 29.1 Å². The minimum atomic E-state index is -0.720. The Kier molecular flexibility index (Phi) is 8.79. The van der Waals surface area contributed by atoms with Gasteiger partial charge in [0, 0.05) is 28.3 Å². The fourth-order valence-electron chi connectivity index (χ4n) is 2.27. The van der Waals surface area contributed by atoms with E-state index in [-0.39, 0.29) is 0 Å². The first-order valence-electron chi connectivity index (χ1n) is 7.75. The van der Waals surface area contributed by atoms with Crippen molar-refractivity contribution in [3.05, 3.63) is 35.4 Å². The van der Waals surface area contributed by atoms with Crippen LogP contribution in [-0.2, 0) is 16.6 Å². The smallest absolute Gasteiger partial charge is 0.0485 e. The van der Waals surface area contributed by atoms with E-state index in [9.17, 15) is 4.21 Å². The maximum absolute atomic E-state index is 12.0. The summed E-state index contributed by atoms with van der Waals surface area (Å²) < 4.78 is 12.0. The summed E-state index contributed by atoms with van der Waals surface area (Å²) >= 11 is 0. The van der Waals surface area contributed by atoms with Crippen molar-refractivity contribution >= 4 is 10.8 Å². The molecule has 2 unspecified atom stereocenters. The molecule has 0 aliphatic heterocycles. The number of rotatable bonds is 10. The summed E-state index contributed by atoms with van der Waals surface area (Å²) in [5, 5.41) is 3.49. The molecule has 0 spiro atoms. The fourth-order valence-corrected chi connectivity index (χ4v) is 3.49. The predicted octanol–water partition coefficient (Wildman–Crippen LogP) is 3.80. The van der Waals surface area contributed by atoms with Gasteiger partial charge in [-0.1, -0.05) is 43.2 Å². The quantitative estimate of drug-likeness (QED) is 0.665. The molecule has 0 bridgehead atoms. The van der Waals surface area contributed by atoms with E-state index in [1.807, 2.05) is 6.07 Å². The van der Waals surface area contributed by atoms with Crippen LogP contribution in [0.5, 0.6) is 0 Å². The molecule has 114 valence electrons. The van der Waals surface area contributed by atoms with Crippen molar-refractivity contribution in [2.75, 3.05) is 12.3 Å². The van der Waals surface area contributed by atoms with Gasteiger partial charge in [-0.2, -0.15) is 0 Å². The Balaban J connectivity index is 2.14. The van der Waals surface area contributed by atoms with E-state index in [0.29, 0.717) is 11.8 Å². The van der Waals surface area contributed by atoms with Crippen LogP contribution >= 0.6 is 0 Å². The lowest BCUT2D eigenvalue weighted by Gasteiger charge is -2.12. The maximum Gasteiger partial charge on any atom is 0.0485 e. The predicted molar refractivity (Wildman–Crippen MR) is 89.5 cm³/mol. The highest BCUT2D eigenvalue weighted by molar-refractivity contribution is 7.84. The summed E-state index contributed by atoms with van der Waals surface area (Å²) in [5.74, 6) is 1.53. The second kappa shape index (κ2) is 10.1. The Morgan fingerprint density at radius 1 is 1.30 bits per heavy atom. The van der Waals surface area contributed by atoms with Gasteiger partial charge in [0.1, 0.15) is 0 Å². The molecule has 0 amide bonds. The standard InChI is InChI=1S/C17H29NOS/c1-4-11-18-16(3)9-5-6-12-20(19)14-17-10-7-8-15(2)13-17/h7-8,10,13,16,18H,4-6,9,11-12,14H2,1-3H3. The highest BCUT2D eigenvalue weighted by atomic mass is 32.2. The monoisotopic (exact) mass is 295 g/mol. The summed E-state index contributed by atoms with van der Waals surface area (Å²) in [6.45, 7) is 7.60. The van der Waals surface area contributed by atoms with Crippen LogP contribution in [0, 0.1) is 6.92 Å². The van der Waals surface area contributed by atoms with Crippen LogP contribution in [0.1, 0.15) is 50.7 Å². The Labute approximate surface area is 126 Å². The minimum Gasteiger partial charge on any atom is -0.314 e. The first-order chi connectivity index (χ1) is 9.61. The second-order valence-electron chi connectivity index (χ2n) is 5.63. The maximum atomic E-state index is 12.0. The fraction of sp³-hybridized carbons (Fsp3) is 0.647. The molecule has 3 heteroatoms. The van der Waals surface area contributed by atoms with Crippen LogP contribution in [0.3, 0.4) is 0 Å². The number of aryl methyl sites for hydroxylation is 1. The van der Waals surface area contributed by atoms with Gasteiger partial charge in [0.2, 0.25) is 0 Å². The highest BCUT2D eigenvalue weighted by Gasteiger charge is 2.04. The third-order valence-electron chi connectivity index (χ3n) is 3.41. The molecular formula is C17H29NOS. The largest absolute Gasteiger partial charge is 0.314 e. The summed E-state index contributed by atoms with van der Waals surface area (Å²) in [6, 6.07) is 8.91. The van der Waals surface area contributed by atoms with E-state index in [4.69, 9.17) is 0 Å². The van der Waals surface area contributed by atoms with Crippen LogP contribution in [-0.4, -0.2) is 22.5 Å². The molecule has 0 saturated carbocycles. The van der Waals surface area contributed by atoms with Crippen LogP contribution in [0.25, 0.3) is 0 Å². The third kappa shape index (κ3) is 7.81. The van der Waals surface area contributed by atoms with Gasteiger partial charge < -0.3 is 5.32 Å². The van der Waals surface area contributed by atoms with Gasteiger partial charge in [0.15, 0.2) is 0 Å². The van der Waals surface area contributed by atoms with Crippen LogP contribution < -0.4 is 5.32 Å². The molecule has 1 aromatic carbocycles. The molecule has 0 radical (unpaired) electrons. The van der Waals surface area contributed by atoms with Gasteiger partial charge in [0.25, 0.3) is 0 Å². The summed E-state index contributed by atoms with van der Waals surface area (Å²) in [4.78, 5) is 0. The van der Waals surface area contributed by atoms with Crippen LogP contribution in [0.4, 0.5) is 0 Å². The van der Waals surface area contributed by atoms with Crippen LogP contribution in [0.15, 0.2) is 24.3 Å². The number of unbranched alkanes of at least 4 members (excludes halogenated alkanes) is 1. The molecule has 0 saturated heterocycles. The van der Waals surface area contributed by atoms with E-state index in [1.54, 1.807) is 0 Å². The Morgan fingerprint density at radius 2 is 2.10 bits per heavy atom. The van der Waals surface area contributed by atoms with Crippen molar-refractivity contribution < 1.29 is 4.21 Å². The van der Waals surface area contributed by atoms with E-state index in [0.717, 1.165) is 25.1 Å². The molecule has 0 aromatic heterocycles. The van der Waals surface area contributed by atoms with Gasteiger partial charge in [-0.25, -0.2) is 0 Å². The third-order valence-corrected chi connectivity index (χ3v) is 4.81. The van der Waals surface area contributed by atoms with Gasteiger partial charge >= 0.3 is 0 Å². The van der Waals surface area contributed by atoms with Gasteiger partial charge in [-0.15, -0.1) is 0 Å². The average Bonchev–Trinajstić information content (AvgIpc) is 2.41. The highest BCUT2D eigenvalue weighted by Crippen LogP contribution is 2.09. The first-order valence-corrected chi connectivity index (χ1v) is 9.24. The summed E-state index contributed by atoms with van der Waals surface area (Å²) in [6.07, 6.45) is 4.60. The van der Waals surface area contributed by atoms with Crippen molar-refractivity contribution in [2.45, 2.75) is 58.2 Å². The zero-order chi connectivity index (χ0) is 14.8.